The molecule has 2 aromatic carbocycles. The summed E-state index contributed by atoms with van der Waals surface area (Å²) in [6.45, 7) is 15.9. The van der Waals surface area contributed by atoms with Crippen LogP contribution in [0.5, 0.6) is 0 Å². The zero-order valence-corrected chi connectivity index (χ0v) is 31.9. The molecular formula is C41H55FN8O3. The highest BCUT2D eigenvalue weighted by Gasteiger charge is 2.35. The van der Waals surface area contributed by atoms with Crippen molar-refractivity contribution in [1.82, 2.24) is 29.9 Å². The Bertz CT molecular complexity index is 1920. The van der Waals surface area contributed by atoms with Crippen LogP contribution in [0.25, 0.3) is 22.2 Å². The largest absolute Gasteiger partial charge is 0.381 e. The molecule has 2 saturated heterocycles. The minimum absolute atomic E-state index is 0.107. The van der Waals surface area contributed by atoms with E-state index in [9.17, 15) is 9.59 Å². The van der Waals surface area contributed by atoms with Crippen molar-refractivity contribution in [2.45, 2.75) is 98.6 Å². The van der Waals surface area contributed by atoms with Gasteiger partial charge in [-0.15, -0.1) is 0 Å². The summed E-state index contributed by atoms with van der Waals surface area (Å²) >= 11 is 0. The molecule has 2 aliphatic heterocycles. The van der Waals surface area contributed by atoms with E-state index in [1.807, 2.05) is 36.0 Å². The molecule has 6 rings (SSSR count). The quantitative estimate of drug-likeness (QED) is 0.152. The second-order valence-corrected chi connectivity index (χ2v) is 15.3. The molecule has 0 spiro atoms. The number of rotatable bonds is 14. The fourth-order valence-corrected chi connectivity index (χ4v) is 7.77. The standard InChI is InChI=1S/C41H55FN8O3/c1-6-36-34(38(46-31-13-17-53-18-14-31)33-22-45-50(7-2)39(33)47-36)26-49(40(52)41(4,5)21-37(43)51)25-29-11-12-35(42)32(20-29)30-10-8-9-28(19-30)24-48-16-15-44-27(3)23-48/h8-12,19-20,22,27,31,44H,6-7,13-18,21,23-26H2,1-5H3,(H2,43,51)(H,46,47)/t27-/m0/s1. The van der Waals surface area contributed by atoms with E-state index in [-0.39, 0.29) is 37.3 Å². The molecule has 0 unspecified atom stereocenters. The molecule has 53 heavy (non-hydrogen) atoms. The molecule has 0 saturated carbocycles. The Morgan fingerprint density at radius 2 is 1.91 bits per heavy atom. The molecule has 4 aromatic rings. The van der Waals surface area contributed by atoms with Gasteiger partial charge in [-0.2, -0.15) is 5.10 Å². The van der Waals surface area contributed by atoms with E-state index in [0.717, 1.165) is 83.7 Å². The number of aromatic nitrogens is 3. The van der Waals surface area contributed by atoms with Gasteiger partial charge in [0.25, 0.3) is 0 Å². The van der Waals surface area contributed by atoms with Crippen LogP contribution in [0.15, 0.2) is 48.7 Å². The molecule has 4 heterocycles. The third kappa shape index (κ3) is 9.05. The lowest BCUT2D eigenvalue weighted by Gasteiger charge is -2.33. The van der Waals surface area contributed by atoms with Crippen LogP contribution in [0.3, 0.4) is 0 Å². The van der Waals surface area contributed by atoms with Crippen molar-refractivity contribution in [3.8, 4) is 11.1 Å². The molecule has 4 N–H and O–H groups in total. The van der Waals surface area contributed by atoms with E-state index in [1.165, 1.54) is 6.07 Å². The summed E-state index contributed by atoms with van der Waals surface area (Å²) in [5, 5.41) is 12.8. The number of aryl methyl sites for hydroxylation is 2. The van der Waals surface area contributed by atoms with Gasteiger partial charge in [-0.25, -0.2) is 14.1 Å². The maximum absolute atomic E-state index is 15.6. The molecular weight excluding hydrogens is 672 g/mol. The number of ether oxygens (including phenoxy) is 1. The summed E-state index contributed by atoms with van der Waals surface area (Å²) in [6.07, 6.45) is 4.09. The third-order valence-corrected chi connectivity index (χ3v) is 10.5. The summed E-state index contributed by atoms with van der Waals surface area (Å²) in [5.41, 5.74) is 11.2. The lowest BCUT2D eigenvalue weighted by molar-refractivity contribution is -0.144. The van der Waals surface area contributed by atoms with E-state index in [4.69, 9.17) is 15.5 Å². The second kappa shape index (κ2) is 16.7. The Kier molecular flexibility index (Phi) is 12.1. The number of hydrogen-bond donors (Lipinski definition) is 3. The molecule has 0 aliphatic carbocycles. The Morgan fingerprint density at radius 3 is 2.62 bits per heavy atom. The van der Waals surface area contributed by atoms with Crippen LogP contribution in [0.4, 0.5) is 10.1 Å². The number of anilines is 1. The number of carbonyl (C=O) groups is 2. The number of halogens is 1. The van der Waals surface area contributed by atoms with Gasteiger partial charge >= 0.3 is 0 Å². The number of pyridine rings is 1. The molecule has 0 bridgehead atoms. The summed E-state index contributed by atoms with van der Waals surface area (Å²) in [5.74, 6) is -1.10. The van der Waals surface area contributed by atoms with Gasteiger partial charge < -0.3 is 26.0 Å². The minimum atomic E-state index is -1.07. The average Bonchev–Trinajstić information content (AvgIpc) is 3.55. The van der Waals surface area contributed by atoms with Crippen LogP contribution in [-0.4, -0.2) is 81.3 Å². The van der Waals surface area contributed by atoms with E-state index in [0.29, 0.717) is 37.8 Å². The first-order valence-electron chi connectivity index (χ1n) is 19.1. The van der Waals surface area contributed by atoms with Gasteiger partial charge in [0.2, 0.25) is 11.8 Å². The monoisotopic (exact) mass is 726 g/mol. The highest BCUT2D eigenvalue weighted by molar-refractivity contribution is 5.92. The summed E-state index contributed by atoms with van der Waals surface area (Å²) in [4.78, 5) is 36.0. The van der Waals surface area contributed by atoms with E-state index >= 15 is 4.39 Å². The normalized spacial score (nSPS) is 17.3. The number of carbonyl (C=O) groups excluding carboxylic acids is 2. The Balaban J connectivity index is 1.38. The number of nitrogens with zero attached hydrogens (tertiary/aromatic N) is 5. The topological polar surface area (TPSA) is 131 Å². The highest BCUT2D eigenvalue weighted by atomic mass is 19.1. The zero-order chi connectivity index (χ0) is 37.7. The van der Waals surface area contributed by atoms with Crippen molar-refractivity contribution in [3.05, 3.63) is 76.9 Å². The van der Waals surface area contributed by atoms with Gasteiger partial charge in [0.15, 0.2) is 5.65 Å². The minimum Gasteiger partial charge on any atom is -0.381 e. The van der Waals surface area contributed by atoms with Gasteiger partial charge in [0.1, 0.15) is 5.82 Å². The zero-order valence-electron chi connectivity index (χ0n) is 31.9. The number of hydrogen-bond acceptors (Lipinski definition) is 8. The van der Waals surface area contributed by atoms with Gasteiger partial charge in [0, 0.05) is 94.4 Å². The number of amides is 2. The Labute approximate surface area is 312 Å². The smallest absolute Gasteiger partial charge is 0.229 e. The molecule has 2 fully saturated rings. The first kappa shape index (κ1) is 38.3. The van der Waals surface area contributed by atoms with E-state index < -0.39 is 11.3 Å². The molecule has 2 amide bonds. The fourth-order valence-electron chi connectivity index (χ4n) is 7.77. The van der Waals surface area contributed by atoms with Crippen LogP contribution in [0.1, 0.15) is 76.3 Å². The predicted octanol–water partition coefficient (Wildman–Crippen LogP) is 5.63. The molecule has 2 aromatic heterocycles. The Morgan fingerprint density at radius 1 is 1.11 bits per heavy atom. The van der Waals surface area contributed by atoms with Crippen molar-refractivity contribution >= 4 is 28.5 Å². The first-order valence-corrected chi connectivity index (χ1v) is 19.1. The van der Waals surface area contributed by atoms with Crippen molar-refractivity contribution in [2.75, 3.05) is 38.2 Å². The summed E-state index contributed by atoms with van der Waals surface area (Å²) < 4.78 is 23.2. The van der Waals surface area contributed by atoms with Crippen LogP contribution in [0.2, 0.25) is 0 Å². The van der Waals surface area contributed by atoms with Crippen molar-refractivity contribution in [3.63, 3.8) is 0 Å². The molecule has 1 atom stereocenters. The van der Waals surface area contributed by atoms with Crippen molar-refractivity contribution < 1.29 is 18.7 Å². The van der Waals surface area contributed by atoms with Gasteiger partial charge in [-0.05, 0) is 68.0 Å². The number of fused-ring (bicyclic) bond motifs is 1. The van der Waals surface area contributed by atoms with Crippen LogP contribution in [0, 0.1) is 11.2 Å². The lowest BCUT2D eigenvalue weighted by Crippen LogP contribution is -2.48. The first-order chi connectivity index (χ1) is 25.4. The number of piperazine rings is 1. The molecule has 11 nitrogen and oxygen atoms in total. The van der Waals surface area contributed by atoms with Crippen molar-refractivity contribution in [1.29, 1.82) is 0 Å². The second-order valence-electron chi connectivity index (χ2n) is 15.3. The fraction of sp³-hybridized carbons (Fsp3) is 0.512. The van der Waals surface area contributed by atoms with Gasteiger partial charge in [-0.3, -0.25) is 14.5 Å². The summed E-state index contributed by atoms with van der Waals surface area (Å²) in [7, 11) is 0. The molecule has 2 aliphatic rings. The number of benzene rings is 2. The molecule has 12 heteroatoms. The number of nitrogens with two attached hydrogens (primary N) is 1. The Hall–Kier alpha value is -4.39. The van der Waals surface area contributed by atoms with Gasteiger partial charge in [0.05, 0.1) is 22.7 Å². The SMILES string of the molecule is CCc1nc2c(cnn2CC)c(NC2CCOCC2)c1CN(Cc1ccc(F)c(-c2cccc(CN3CCN[C@@H](C)C3)c2)c1)C(=O)C(C)(C)CC(N)=O. The van der Waals surface area contributed by atoms with E-state index in [2.05, 4.69) is 46.6 Å². The predicted molar refractivity (Wildman–Crippen MR) is 206 cm³/mol. The van der Waals surface area contributed by atoms with Crippen molar-refractivity contribution in [2.24, 2.45) is 11.1 Å². The highest BCUT2D eigenvalue weighted by Crippen LogP contribution is 2.35. The molecule has 284 valence electrons. The van der Waals surface area contributed by atoms with Gasteiger partial charge in [-0.1, -0.05) is 45.0 Å². The lowest BCUT2D eigenvalue weighted by atomic mass is 9.86. The third-order valence-electron chi connectivity index (χ3n) is 10.5. The van der Waals surface area contributed by atoms with Crippen LogP contribution < -0.4 is 16.4 Å². The van der Waals surface area contributed by atoms with Crippen LogP contribution in [-0.2, 0) is 46.9 Å². The number of primary amides is 1. The maximum Gasteiger partial charge on any atom is 0.229 e. The number of nitrogens with one attached hydrogen (secondary N) is 2. The summed E-state index contributed by atoms with van der Waals surface area (Å²) in [6, 6.07) is 13.7. The molecule has 0 radical (unpaired) electrons. The van der Waals surface area contributed by atoms with Crippen LogP contribution >= 0.6 is 0 Å². The maximum atomic E-state index is 15.6. The average molecular weight is 727 g/mol. The van der Waals surface area contributed by atoms with E-state index in [1.54, 1.807) is 24.8 Å².